The van der Waals surface area contributed by atoms with E-state index < -0.39 is 17.5 Å². The zero-order valence-electron chi connectivity index (χ0n) is 13.7. The summed E-state index contributed by atoms with van der Waals surface area (Å²) in [5.74, 6) is -0.778. The van der Waals surface area contributed by atoms with Gasteiger partial charge in [-0.15, -0.1) is 13.2 Å². The van der Waals surface area contributed by atoms with Crippen LogP contribution < -0.4 is 5.32 Å². The molecule has 24 heavy (non-hydrogen) atoms. The Hall–Kier alpha value is -2.89. The van der Waals surface area contributed by atoms with Crippen LogP contribution in [-0.4, -0.2) is 47.3 Å². The molecule has 1 aromatic rings. The Labute approximate surface area is 141 Å². The van der Waals surface area contributed by atoms with Crippen molar-refractivity contribution in [3.63, 3.8) is 0 Å². The lowest BCUT2D eigenvalue weighted by molar-refractivity contribution is -0.138. The number of rotatable bonds is 7. The van der Waals surface area contributed by atoms with Crippen LogP contribution in [0.5, 0.6) is 0 Å². The zero-order chi connectivity index (χ0) is 17.7. The highest BCUT2D eigenvalue weighted by molar-refractivity contribution is 6.09. The maximum atomic E-state index is 12.7. The van der Waals surface area contributed by atoms with Gasteiger partial charge in [0, 0.05) is 13.1 Å². The van der Waals surface area contributed by atoms with Crippen molar-refractivity contribution >= 4 is 17.8 Å². The molecule has 1 aromatic carbocycles. The van der Waals surface area contributed by atoms with E-state index in [1.165, 1.54) is 4.90 Å². The molecule has 6 heteroatoms. The lowest BCUT2D eigenvalue weighted by Gasteiger charge is -2.24. The molecule has 1 fully saturated rings. The molecule has 0 spiro atoms. The lowest BCUT2D eigenvalue weighted by atomic mass is 9.92. The summed E-state index contributed by atoms with van der Waals surface area (Å²) >= 11 is 0. The van der Waals surface area contributed by atoms with Crippen LogP contribution in [0.1, 0.15) is 12.5 Å². The third kappa shape index (κ3) is 3.22. The molecule has 0 aliphatic carbocycles. The van der Waals surface area contributed by atoms with E-state index in [2.05, 4.69) is 18.5 Å². The van der Waals surface area contributed by atoms with E-state index in [4.69, 9.17) is 0 Å². The number of urea groups is 1. The minimum atomic E-state index is -1.17. The van der Waals surface area contributed by atoms with Crippen LogP contribution >= 0.6 is 0 Å². The predicted molar refractivity (Wildman–Crippen MR) is 91.0 cm³/mol. The number of hydrogen-bond acceptors (Lipinski definition) is 3. The number of hydrogen-bond donors (Lipinski definition) is 1. The summed E-state index contributed by atoms with van der Waals surface area (Å²) in [7, 11) is 0. The fraction of sp³-hybridized carbons (Fsp3) is 0.278. The standard InChI is InChI=1S/C18H21N3O3/c1-4-11-20(12-5-2)15(22)13-21-16(23)18(3,19-17(21)24)14-9-7-6-8-10-14/h4-10H,1-2,11-13H2,3H3,(H,19,24). The molecule has 6 nitrogen and oxygen atoms in total. The number of nitrogens with zero attached hydrogens (tertiary/aromatic N) is 2. The van der Waals surface area contributed by atoms with Crippen molar-refractivity contribution < 1.29 is 14.4 Å². The molecule has 4 amide bonds. The minimum Gasteiger partial charge on any atom is -0.334 e. The lowest BCUT2D eigenvalue weighted by Crippen LogP contribution is -2.44. The Morgan fingerprint density at radius 1 is 1.21 bits per heavy atom. The van der Waals surface area contributed by atoms with Crippen molar-refractivity contribution in [2.45, 2.75) is 12.5 Å². The first-order valence-electron chi connectivity index (χ1n) is 7.63. The smallest absolute Gasteiger partial charge is 0.325 e. The van der Waals surface area contributed by atoms with Crippen molar-refractivity contribution in [2.24, 2.45) is 0 Å². The van der Waals surface area contributed by atoms with Gasteiger partial charge in [0.25, 0.3) is 5.91 Å². The highest BCUT2D eigenvalue weighted by Crippen LogP contribution is 2.28. The SMILES string of the molecule is C=CCN(CC=C)C(=O)CN1C(=O)NC(C)(c2ccccc2)C1=O. The van der Waals surface area contributed by atoms with Gasteiger partial charge in [-0.1, -0.05) is 42.5 Å². The van der Waals surface area contributed by atoms with Crippen LogP contribution in [0, 0.1) is 0 Å². The van der Waals surface area contributed by atoms with E-state index in [9.17, 15) is 14.4 Å². The van der Waals surface area contributed by atoms with Crippen molar-refractivity contribution in [3.05, 3.63) is 61.2 Å². The normalized spacial score (nSPS) is 19.8. The van der Waals surface area contributed by atoms with E-state index in [0.717, 1.165) is 4.90 Å². The third-order valence-electron chi connectivity index (χ3n) is 3.97. The highest BCUT2D eigenvalue weighted by Gasteiger charge is 2.49. The van der Waals surface area contributed by atoms with Crippen LogP contribution in [0.2, 0.25) is 0 Å². The molecule has 1 unspecified atom stereocenters. The average molecular weight is 327 g/mol. The monoisotopic (exact) mass is 327 g/mol. The zero-order valence-corrected chi connectivity index (χ0v) is 13.7. The fourth-order valence-electron chi connectivity index (χ4n) is 2.63. The van der Waals surface area contributed by atoms with E-state index in [1.54, 1.807) is 43.3 Å². The van der Waals surface area contributed by atoms with Gasteiger partial charge in [0.2, 0.25) is 5.91 Å². The minimum absolute atomic E-state index is 0.311. The molecule has 0 radical (unpaired) electrons. The molecule has 0 saturated carbocycles. The molecule has 0 bridgehead atoms. The molecule has 1 aliphatic heterocycles. The quantitative estimate of drug-likeness (QED) is 0.611. The number of carbonyl (C=O) groups excluding carboxylic acids is 3. The molecule has 126 valence electrons. The molecule has 1 saturated heterocycles. The Bertz CT molecular complexity index is 661. The summed E-state index contributed by atoms with van der Waals surface area (Å²) in [5, 5.41) is 2.68. The van der Waals surface area contributed by atoms with Gasteiger partial charge in [-0.05, 0) is 12.5 Å². The van der Waals surface area contributed by atoms with Gasteiger partial charge < -0.3 is 10.2 Å². The molecular weight excluding hydrogens is 306 g/mol. The Kier molecular flexibility index (Phi) is 5.18. The van der Waals surface area contributed by atoms with Crippen molar-refractivity contribution in [1.82, 2.24) is 15.1 Å². The summed E-state index contributed by atoms with van der Waals surface area (Å²) in [4.78, 5) is 39.8. The summed E-state index contributed by atoms with van der Waals surface area (Å²) in [6.07, 6.45) is 3.17. The Morgan fingerprint density at radius 2 is 1.79 bits per heavy atom. The summed E-state index contributed by atoms with van der Waals surface area (Å²) in [6.45, 7) is 9.18. The highest BCUT2D eigenvalue weighted by atomic mass is 16.2. The second-order valence-corrected chi connectivity index (χ2v) is 5.69. The summed E-state index contributed by atoms with van der Waals surface area (Å²) in [6, 6.07) is 8.39. The predicted octanol–water partition coefficient (Wildman–Crippen LogP) is 1.65. The molecular formula is C18H21N3O3. The maximum absolute atomic E-state index is 12.7. The van der Waals surface area contributed by atoms with Gasteiger partial charge in [0.1, 0.15) is 12.1 Å². The molecule has 1 aliphatic rings. The number of nitrogens with one attached hydrogen (secondary N) is 1. The molecule has 2 rings (SSSR count). The fourth-order valence-corrected chi connectivity index (χ4v) is 2.63. The van der Waals surface area contributed by atoms with Crippen LogP contribution in [0.3, 0.4) is 0 Å². The number of carbonyl (C=O) groups is 3. The molecule has 1 heterocycles. The molecule has 1 atom stereocenters. The van der Waals surface area contributed by atoms with Gasteiger partial charge in [-0.2, -0.15) is 0 Å². The number of imide groups is 1. The van der Waals surface area contributed by atoms with E-state index in [-0.39, 0.29) is 12.5 Å². The topological polar surface area (TPSA) is 69.7 Å². The maximum Gasteiger partial charge on any atom is 0.325 e. The second kappa shape index (κ2) is 7.12. The van der Waals surface area contributed by atoms with E-state index in [0.29, 0.717) is 18.7 Å². The van der Waals surface area contributed by atoms with Crippen molar-refractivity contribution in [3.8, 4) is 0 Å². The van der Waals surface area contributed by atoms with Crippen LogP contribution in [0.15, 0.2) is 55.6 Å². The second-order valence-electron chi connectivity index (χ2n) is 5.69. The van der Waals surface area contributed by atoms with Gasteiger partial charge in [-0.3, -0.25) is 14.5 Å². The number of amides is 4. The van der Waals surface area contributed by atoms with Crippen molar-refractivity contribution in [1.29, 1.82) is 0 Å². The first kappa shape index (κ1) is 17.5. The summed E-state index contributed by atoms with van der Waals surface area (Å²) < 4.78 is 0. The molecule has 1 N–H and O–H groups in total. The van der Waals surface area contributed by atoms with Crippen molar-refractivity contribution in [2.75, 3.05) is 19.6 Å². The largest absolute Gasteiger partial charge is 0.334 e. The van der Waals surface area contributed by atoms with Crippen LogP contribution in [0.4, 0.5) is 4.79 Å². The summed E-state index contributed by atoms with van der Waals surface area (Å²) in [5.41, 5.74) is -0.493. The Balaban J connectivity index is 2.19. The van der Waals surface area contributed by atoms with E-state index >= 15 is 0 Å². The third-order valence-corrected chi connectivity index (χ3v) is 3.97. The Morgan fingerprint density at radius 3 is 2.33 bits per heavy atom. The average Bonchev–Trinajstić information content (AvgIpc) is 2.79. The van der Waals surface area contributed by atoms with Crippen LogP contribution in [0.25, 0.3) is 0 Å². The van der Waals surface area contributed by atoms with Crippen LogP contribution in [-0.2, 0) is 15.1 Å². The first-order valence-corrected chi connectivity index (χ1v) is 7.63. The van der Waals surface area contributed by atoms with Gasteiger partial charge in [0.05, 0.1) is 0 Å². The van der Waals surface area contributed by atoms with E-state index in [1.807, 2.05) is 6.07 Å². The molecule has 0 aromatic heterocycles. The number of benzene rings is 1. The van der Waals surface area contributed by atoms with Gasteiger partial charge in [-0.25, -0.2) is 4.79 Å². The first-order chi connectivity index (χ1) is 11.4. The van der Waals surface area contributed by atoms with Gasteiger partial charge in [0.15, 0.2) is 0 Å². The van der Waals surface area contributed by atoms with Gasteiger partial charge >= 0.3 is 6.03 Å².